The number of hydrogen-bond acceptors (Lipinski definition) is 5. The number of ether oxygens (including phenoxy) is 1. The van der Waals surface area contributed by atoms with Gasteiger partial charge in [0.15, 0.2) is 5.82 Å². The molecule has 1 aromatic carbocycles. The Hall–Kier alpha value is -1.82. The van der Waals surface area contributed by atoms with Crippen molar-refractivity contribution < 1.29 is 4.74 Å². The van der Waals surface area contributed by atoms with Gasteiger partial charge in [-0.05, 0) is 30.4 Å². The maximum atomic E-state index is 5.63. The van der Waals surface area contributed by atoms with Gasteiger partial charge in [-0.3, -0.25) is 0 Å². The highest BCUT2D eigenvalue weighted by Gasteiger charge is 2.08. The van der Waals surface area contributed by atoms with Gasteiger partial charge in [-0.15, -0.1) is 10.2 Å². The van der Waals surface area contributed by atoms with Crippen molar-refractivity contribution >= 4 is 18.0 Å². The van der Waals surface area contributed by atoms with Crippen molar-refractivity contribution in [3.63, 3.8) is 0 Å². The van der Waals surface area contributed by atoms with Gasteiger partial charge in [-0.25, -0.2) is 0 Å². The van der Waals surface area contributed by atoms with E-state index < -0.39 is 0 Å². The van der Waals surface area contributed by atoms with Crippen LogP contribution in [0.1, 0.15) is 31.7 Å². The molecule has 0 radical (unpaired) electrons. The summed E-state index contributed by atoms with van der Waals surface area (Å²) in [6.07, 6.45) is 5.57. The molecule has 0 saturated heterocycles. The van der Waals surface area contributed by atoms with Crippen LogP contribution in [0.4, 0.5) is 0 Å². The average Bonchev–Trinajstić information content (AvgIpc) is 2.93. The molecule has 1 aromatic heterocycles. The van der Waals surface area contributed by atoms with E-state index in [2.05, 4.69) is 22.2 Å². The zero-order chi connectivity index (χ0) is 15.1. The number of thioether (sulfide) groups is 1. The SMILES string of the molecule is CCCOc1cccc(/C=N\n2c(CC)nnc2SC)c1. The summed E-state index contributed by atoms with van der Waals surface area (Å²) in [5, 5.41) is 13.5. The molecule has 0 spiro atoms. The number of aromatic nitrogens is 3. The molecular weight excluding hydrogens is 284 g/mol. The highest BCUT2D eigenvalue weighted by atomic mass is 32.2. The van der Waals surface area contributed by atoms with Crippen molar-refractivity contribution in [2.75, 3.05) is 12.9 Å². The van der Waals surface area contributed by atoms with Crippen LogP contribution >= 0.6 is 11.8 Å². The number of hydrogen-bond donors (Lipinski definition) is 0. The van der Waals surface area contributed by atoms with Gasteiger partial charge in [0, 0.05) is 6.42 Å². The molecule has 2 aromatic rings. The number of rotatable bonds is 7. The van der Waals surface area contributed by atoms with Gasteiger partial charge in [0.2, 0.25) is 5.16 Å². The van der Waals surface area contributed by atoms with E-state index >= 15 is 0 Å². The number of benzene rings is 1. The lowest BCUT2D eigenvalue weighted by Gasteiger charge is -2.05. The van der Waals surface area contributed by atoms with Crippen LogP contribution in [0.2, 0.25) is 0 Å². The van der Waals surface area contributed by atoms with Crippen LogP contribution in [0.25, 0.3) is 0 Å². The van der Waals surface area contributed by atoms with Gasteiger partial charge in [-0.1, -0.05) is 37.7 Å². The van der Waals surface area contributed by atoms with E-state index in [0.29, 0.717) is 0 Å². The van der Waals surface area contributed by atoms with Crippen LogP contribution in [0.3, 0.4) is 0 Å². The minimum atomic E-state index is 0.725. The van der Waals surface area contributed by atoms with Crippen LogP contribution in [0.5, 0.6) is 5.75 Å². The molecule has 0 N–H and O–H groups in total. The van der Waals surface area contributed by atoms with E-state index in [1.807, 2.05) is 37.4 Å². The lowest BCUT2D eigenvalue weighted by molar-refractivity contribution is 0.317. The van der Waals surface area contributed by atoms with Gasteiger partial charge >= 0.3 is 0 Å². The molecule has 0 amide bonds. The Labute approximate surface area is 129 Å². The predicted molar refractivity (Wildman–Crippen MR) is 86.4 cm³/mol. The van der Waals surface area contributed by atoms with Crippen molar-refractivity contribution in [3.05, 3.63) is 35.7 Å². The third kappa shape index (κ3) is 4.07. The Balaban J connectivity index is 2.19. The normalized spacial score (nSPS) is 11.2. The van der Waals surface area contributed by atoms with E-state index in [1.165, 1.54) is 11.8 Å². The largest absolute Gasteiger partial charge is 0.494 e. The Bertz CT molecular complexity index is 588. The zero-order valence-electron chi connectivity index (χ0n) is 12.6. The van der Waals surface area contributed by atoms with Crippen LogP contribution in [0, 0.1) is 0 Å². The second-order valence-electron chi connectivity index (χ2n) is 4.43. The lowest BCUT2D eigenvalue weighted by atomic mass is 10.2. The van der Waals surface area contributed by atoms with Crippen LogP contribution in [-0.4, -0.2) is 34.0 Å². The first-order valence-corrected chi connectivity index (χ1v) is 8.26. The maximum absolute atomic E-state index is 5.63. The van der Waals surface area contributed by atoms with Gasteiger partial charge in [-0.2, -0.15) is 9.78 Å². The van der Waals surface area contributed by atoms with E-state index in [9.17, 15) is 0 Å². The molecule has 0 unspecified atom stereocenters. The Kier molecular flexibility index (Phi) is 5.80. The lowest BCUT2D eigenvalue weighted by Crippen LogP contribution is -1.99. The standard InChI is InChI=1S/C15H20N4OS/c1-4-9-20-13-8-6-7-12(10-13)11-16-19-14(5-2)17-18-15(19)21-3/h6-8,10-11H,4-5,9H2,1-3H3/b16-11-. The summed E-state index contributed by atoms with van der Waals surface area (Å²) in [6, 6.07) is 7.90. The molecule has 0 aliphatic carbocycles. The summed E-state index contributed by atoms with van der Waals surface area (Å²) in [5.74, 6) is 1.72. The summed E-state index contributed by atoms with van der Waals surface area (Å²) < 4.78 is 7.41. The van der Waals surface area contributed by atoms with E-state index in [-0.39, 0.29) is 0 Å². The van der Waals surface area contributed by atoms with Crippen molar-refractivity contribution in [2.24, 2.45) is 5.10 Å². The fraction of sp³-hybridized carbons (Fsp3) is 0.400. The fourth-order valence-electron chi connectivity index (χ4n) is 1.79. The van der Waals surface area contributed by atoms with Crippen molar-refractivity contribution in [3.8, 4) is 5.75 Å². The topological polar surface area (TPSA) is 52.3 Å². The first-order chi connectivity index (χ1) is 10.3. The molecule has 0 aliphatic rings. The highest BCUT2D eigenvalue weighted by Crippen LogP contribution is 2.15. The first-order valence-electron chi connectivity index (χ1n) is 7.04. The second-order valence-corrected chi connectivity index (χ2v) is 5.21. The molecule has 0 aliphatic heterocycles. The van der Waals surface area contributed by atoms with Gasteiger partial charge < -0.3 is 4.74 Å². The summed E-state index contributed by atoms with van der Waals surface area (Å²) in [4.78, 5) is 0. The Morgan fingerprint density at radius 1 is 1.33 bits per heavy atom. The average molecular weight is 304 g/mol. The van der Waals surface area contributed by atoms with Gasteiger partial charge in [0.1, 0.15) is 5.75 Å². The first kappa shape index (κ1) is 15.6. The third-order valence-corrected chi connectivity index (χ3v) is 3.45. The molecule has 0 saturated carbocycles. The maximum Gasteiger partial charge on any atom is 0.211 e. The fourth-order valence-corrected chi connectivity index (χ4v) is 2.24. The van der Waals surface area contributed by atoms with Crippen molar-refractivity contribution in [1.82, 2.24) is 14.9 Å². The molecule has 0 atom stereocenters. The second kappa shape index (κ2) is 7.83. The molecule has 2 rings (SSSR count). The molecule has 112 valence electrons. The number of aryl methyl sites for hydroxylation is 1. The van der Waals surface area contributed by atoms with E-state index in [0.717, 1.165) is 41.7 Å². The quantitative estimate of drug-likeness (QED) is 0.582. The van der Waals surface area contributed by atoms with Gasteiger partial charge in [0.05, 0.1) is 12.8 Å². The molecule has 1 heterocycles. The van der Waals surface area contributed by atoms with Crippen LogP contribution in [0.15, 0.2) is 34.5 Å². The molecule has 0 fully saturated rings. The monoisotopic (exact) mass is 304 g/mol. The summed E-state index contributed by atoms with van der Waals surface area (Å²) in [6.45, 7) is 4.86. The smallest absolute Gasteiger partial charge is 0.211 e. The van der Waals surface area contributed by atoms with Crippen molar-refractivity contribution in [2.45, 2.75) is 31.8 Å². The molecule has 0 bridgehead atoms. The van der Waals surface area contributed by atoms with Crippen LogP contribution < -0.4 is 4.74 Å². The van der Waals surface area contributed by atoms with Crippen LogP contribution in [-0.2, 0) is 6.42 Å². The Morgan fingerprint density at radius 3 is 2.90 bits per heavy atom. The van der Waals surface area contributed by atoms with E-state index in [1.54, 1.807) is 10.9 Å². The third-order valence-electron chi connectivity index (χ3n) is 2.83. The van der Waals surface area contributed by atoms with Gasteiger partial charge in [0.25, 0.3) is 0 Å². The predicted octanol–water partition coefficient (Wildman–Crippen LogP) is 3.23. The highest BCUT2D eigenvalue weighted by molar-refractivity contribution is 7.98. The molecule has 5 nitrogen and oxygen atoms in total. The summed E-state index contributed by atoms with van der Waals surface area (Å²) >= 11 is 1.53. The van der Waals surface area contributed by atoms with E-state index in [4.69, 9.17) is 4.74 Å². The molecule has 6 heteroatoms. The Morgan fingerprint density at radius 2 is 2.19 bits per heavy atom. The minimum Gasteiger partial charge on any atom is -0.494 e. The molecule has 21 heavy (non-hydrogen) atoms. The summed E-state index contributed by atoms with van der Waals surface area (Å²) in [7, 11) is 0. The minimum absolute atomic E-state index is 0.725. The van der Waals surface area contributed by atoms with Crippen molar-refractivity contribution in [1.29, 1.82) is 0 Å². The zero-order valence-corrected chi connectivity index (χ0v) is 13.4. The molecular formula is C15H20N4OS. The summed E-state index contributed by atoms with van der Waals surface area (Å²) in [5.41, 5.74) is 0.992. The number of nitrogens with zero attached hydrogens (tertiary/aromatic N) is 4.